The van der Waals surface area contributed by atoms with Crippen LogP contribution in [0.3, 0.4) is 0 Å². The van der Waals surface area contributed by atoms with Crippen molar-refractivity contribution >= 4 is 29.8 Å². The summed E-state index contributed by atoms with van der Waals surface area (Å²) in [5, 5.41) is 5.99. The normalized spacial score (nSPS) is 25.2. The van der Waals surface area contributed by atoms with E-state index in [-0.39, 0.29) is 0 Å². The van der Waals surface area contributed by atoms with Crippen LogP contribution >= 0.6 is 0 Å². The van der Waals surface area contributed by atoms with Crippen LogP contribution in [0.1, 0.15) is 36.5 Å². The van der Waals surface area contributed by atoms with E-state index < -0.39 is 47.4 Å². The second-order valence-electron chi connectivity index (χ2n) is 9.31. The van der Waals surface area contributed by atoms with Gasteiger partial charge in [0.2, 0.25) is 0 Å². The van der Waals surface area contributed by atoms with Crippen molar-refractivity contribution < 1.29 is 24.0 Å². The van der Waals surface area contributed by atoms with Gasteiger partial charge in [-0.3, -0.25) is 24.7 Å². The summed E-state index contributed by atoms with van der Waals surface area (Å²) in [5.41, 5.74) is 2.58. The third-order valence-electron chi connectivity index (χ3n) is 6.98. The first-order chi connectivity index (χ1) is 16.7. The molecular formula is C25H25N5O5. The largest absolute Gasteiger partial charge is 0.344 e. The molecular weight excluding hydrogens is 450 g/mol. The maximum absolute atomic E-state index is 13.2. The Morgan fingerprint density at radius 1 is 0.943 bits per heavy atom. The standard InChI is InChI=1S/C25H25N5O5/c1-24(13-11-16-7-3-2-4-8-16)20(32)30(23(35)26-24)28-19(31)15-29-21(33)25(27-22(29)34)14-12-17-9-5-6-10-18(17)25/h2-10H,11-15H2,1H3,(H,26,35)(H,27,34)(H,28,31)/t24-,25+/m1/s1. The maximum atomic E-state index is 13.2. The molecule has 2 aromatic carbocycles. The summed E-state index contributed by atoms with van der Waals surface area (Å²) in [6.07, 6.45) is 1.92. The first-order valence-corrected chi connectivity index (χ1v) is 11.5. The van der Waals surface area contributed by atoms with Crippen molar-refractivity contribution in [2.24, 2.45) is 0 Å². The number of fused-ring (bicyclic) bond motifs is 2. The van der Waals surface area contributed by atoms with Gasteiger partial charge in [0.05, 0.1) is 0 Å². The second-order valence-corrected chi connectivity index (χ2v) is 9.31. The number of urea groups is 2. The minimum absolute atomic E-state index is 0.336. The molecule has 180 valence electrons. The van der Waals surface area contributed by atoms with Crippen LogP contribution in [0.15, 0.2) is 54.6 Å². The van der Waals surface area contributed by atoms with Crippen LogP contribution in [0.25, 0.3) is 0 Å². The molecule has 10 heteroatoms. The van der Waals surface area contributed by atoms with Crippen LogP contribution in [0, 0.1) is 0 Å². The zero-order valence-corrected chi connectivity index (χ0v) is 19.2. The minimum Gasteiger partial charge on any atom is -0.322 e. The van der Waals surface area contributed by atoms with Crippen LogP contribution in [-0.4, -0.2) is 51.8 Å². The van der Waals surface area contributed by atoms with Gasteiger partial charge in [-0.1, -0.05) is 54.6 Å². The molecule has 2 aliphatic heterocycles. The van der Waals surface area contributed by atoms with E-state index in [2.05, 4.69) is 16.1 Å². The fourth-order valence-electron chi connectivity index (χ4n) is 5.03. The number of carbonyl (C=O) groups excluding carboxylic acids is 5. The number of hydrogen-bond donors (Lipinski definition) is 3. The quantitative estimate of drug-likeness (QED) is 0.544. The maximum Gasteiger partial charge on any atom is 0.344 e. The molecule has 0 bridgehead atoms. The average Bonchev–Trinajstić information content (AvgIpc) is 3.41. The van der Waals surface area contributed by atoms with E-state index in [0.29, 0.717) is 30.7 Å². The molecule has 1 aliphatic carbocycles. The lowest BCUT2D eigenvalue weighted by atomic mass is 9.92. The van der Waals surface area contributed by atoms with Gasteiger partial charge in [-0.25, -0.2) is 9.59 Å². The number of benzene rings is 2. The highest BCUT2D eigenvalue weighted by molar-refractivity contribution is 6.11. The van der Waals surface area contributed by atoms with Crippen molar-refractivity contribution in [1.82, 2.24) is 26.0 Å². The Labute approximate surface area is 201 Å². The van der Waals surface area contributed by atoms with E-state index in [9.17, 15) is 24.0 Å². The Morgan fingerprint density at radius 3 is 2.43 bits per heavy atom. The molecule has 3 N–H and O–H groups in total. The van der Waals surface area contributed by atoms with Gasteiger partial charge in [-0.05, 0) is 49.3 Å². The highest BCUT2D eigenvalue weighted by Gasteiger charge is 2.56. The van der Waals surface area contributed by atoms with Gasteiger partial charge in [0.15, 0.2) is 0 Å². The molecule has 2 saturated heterocycles. The van der Waals surface area contributed by atoms with Crippen LogP contribution in [0.2, 0.25) is 0 Å². The number of hydrazine groups is 1. The lowest BCUT2D eigenvalue weighted by molar-refractivity contribution is -0.140. The summed E-state index contributed by atoms with van der Waals surface area (Å²) >= 11 is 0. The summed E-state index contributed by atoms with van der Waals surface area (Å²) in [7, 11) is 0. The molecule has 1 spiro atoms. The summed E-state index contributed by atoms with van der Waals surface area (Å²) in [4.78, 5) is 64.8. The van der Waals surface area contributed by atoms with Gasteiger partial charge in [0, 0.05) is 0 Å². The van der Waals surface area contributed by atoms with E-state index in [1.165, 1.54) is 0 Å². The van der Waals surface area contributed by atoms with Gasteiger partial charge >= 0.3 is 12.1 Å². The molecule has 2 heterocycles. The van der Waals surface area contributed by atoms with Gasteiger partial charge in [-0.15, -0.1) is 0 Å². The molecule has 0 saturated carbocycles. The molecule has 3 aliphatic rings. The predicted molar refractivity (Wildman–Crippen MR) is 123 cm³/mol. The van der Waals surface area contributed by atoms with Gasteiger partial charge in [-0.2, -0.15) is 5.01 Å². The topological polar surface area (TPSA) is 128 Å². The van der Waals surface area contributed by atoms with Crippen molar-refractivity contribution in [3.8, 4) is 0 Å². The Hall–Kier alpha value is -4.21. The molecule has 7 amide bonds. The number of carbonyl (C=O) groups is 5. The Kier molecular flexibility index (Phi) is 5.31. The van der Waals surface area contributed by atoms with Crippen molar-refractivity contribution in [1.29, 1.82) is 0 Å². The van der Waals surface area contributed by atoms with E-state index in [1.54, 1.807) is 19.1 Å². The molecule has 2 fully saturated rings. The van der Waals surface area contributed by atoms with Crippen molar-refractivity contribution in [2.45, 2.75) is 43.7 Å². The number of imide groups is 2. The van der Waals surface area contributed by atoms with E-state index in [0.717, 1.165) is 21.6 Å². The molecule has 2 atom stereocenters. The third-order valence-corrected chi connectivity index (χ3v) is 6.98. The number of aryl methyl sites for hydroxylation is 2. The Morgan fingerprint density at radius 2 is 1.66 bits per heavy atom. The summed E-state index contributed by atoms with van der Waals surface area (Å²) in [5.74, 6) is -1.95. The highest BCUT2D eigenvalue weighted by atomic mass is 16.2. The number of nitrogens with zero attached hydrogens (tertiary/aromatic N) is 2. The fourth-order valence-corrected chi connectivity index (χ4v) is 5.03. The number of rotatable bonds is 6. The molecule has 0 radical (unpaired) electrons. The molecule has 10 nitrogen and oxygen atoms in total. The number of nitrogens with one attached hydrogen (secondary N) is 3. The minimum atomic E-state index is -1.20. The fraction of sp³-hybridized carbons (Fsp3) is 0.320. The first kappa shape index (κ1) is 22.6. The lowest BCUT2D eigenvalue weighted by Crippen LogP contribution is -2.52. The zero-order valence-electron chi connectivity index (χ0n) is 19.2. The van der Waals surface area contributed by atoms with Crippen molar-refractivity contribution in [3.63, 3.8) is 0 Å². The first-order valence-electron chi connectivity index (χ1n) is 11.5. The smallest absolute Gasteiger partial charge is 0.322 e. The average molecular weight is 476 g/mol. The second kappa shape index (κ2) is 8.23. The van der Waals surface area contributed by atoms with Crippen molar-refractivity contribution in [3.05, 3.63) is 71.3 Å². The van der Waals surface area contributed by atoms with E-state index in [4.69, 9.17) is 0 Å². The zero-order chi connectivity index (χ0) is 24.8. The summed E-state index contributed by atoms with van der Waals surface area (Å²) < 4.78 is 0. The van der Waals surface area contributed by atoms with E-state index >= 15 is 0 Å². The van der Waals surface area contributed by atoms with Crippen LogP contribution in [-0.2, 0) is 32.8 Å². The molecule has 35 heavy (non-hydrogen) atoms. The molecule has 2 aromatic rings. The number of amides is 7. The highest BCUT2D eigenvalue weighted by Crippen LogP contribution is 2.41. The van der Waals surface area contributed by atoms with E-state index in [1.807, 2.05) is 42.5 Å². The molecule has 0 aromatic heterocycles. The van der Waals surface area contributed by atoms with Gasteiger partial charge in [0.25, 0.3) is 17.7 Å². The summed E-state index contributed by atoms with van der Waals surface area (Å²) in [6, 6.07) is 15.5. The lowest BCUT2D eigenvalue weighted by Gasteiger charge is -2.23. The van der Waals surface area contributed by atoms with Crippen LogP contribution in [0.5, 0.6) is 0 Å². The molecule has 5 rings (SSSR count). The monoisotopic (exact) mass is 475 g/mol. The third kappa shape index (κ3) is 3.71. The van der Waals surface area contributed by atoms with Crippen LogP contribution < -0.4 is 16.1 Å². The van der Waals surface area contributed by atoms with Gasteiger partial charge < -0.3 is 10.6 Å². The van der Waals surface area contributed by atoms with Crippen molar-refractivity contribution in [2.75, 3.05) is 6.54 Å². The van der Waals surface area contributed by atoms with Crippen LogP contribution in [0.4, 0.5) is 9.59 Å². The Balaban J connectivity index is 1.24. The SMILES string of the molecule is C[C@]1(CCc2ccccc2)NC(=O)N(NC(=O)CN2C(=O)N[C@]3(CCc4ccccc43)C2=O)C1=O. The Bertz CT molecular complexity index is 1250. The van der Waals surface area contributed by atoms with Gasteiger partial charge in [0.1, 0.15) is 17.6 Å². The molecule has 0 unspecified atom stereocenters. The summed E-state index contributed by atoms with van der Waals surface area (Å²) in [6.45, 7) is 0.980. The predicted octanol–water partition coefficient (Wildman–Crippen LogP) is 1.35. The number of hydrogen-bond acceptors (Lipinski definition) is 5.